The van der Waals surface area contributed by atoms with E-state index in [2.05, 4.69) is 6.58 Å². The Balaban J connectivity index is -0.0000000200. The van der Waals surface area contributed by atoms with Gasteiger partial charge < -0.3 is 6.15 Å². The summed E-state index contributed by atoms with van der Waals surface area (Å²) in [5.41, 5.74) is 0. The minimum absolute atomic E-state index is 0. The molecule has 1 nitrogen and oxygen atoms in total. The molecule has 2 heteroatoms. The van der Waals surface area contributed by atoms with Gasteiger partial charge in [0.15, 0.2) is 0 Å². The molecule has 0 atom stereocenters. The number of allylic oxidation sites excluding steroid dienone is 1. The van der Waals surface area contributed by atoms with E-state index >= 15 is 0 Å². The molecule has 0 aromatic heterocycles. The molecule has 0 aliphatic carbocycles. The van der Waals surface area contributed by atoms with Gasteiger partial charge in [-0.15, -0.1) is 6.58 Å². The second kappa shape index (κ2) is 25.7. The fourth-order valence-corrected chi connectivity index (χ4v) is 0. The molecule has 0 bridgehead atoms. The van der Waals surface area contributed by atoms with Crippen LogP contribution in [-0.2, 0) is 21.7 Å². The summed E-state index contributed by atoms with van der Waals surface area (Å²) >= 11 is 0. The molecule has 0 saturated carbocycles. The van der Waals surface area contributed by atoms with E-state index in [1.165, 1.54) is 0 Å². The second-order valence-corrected chi connectivity index (χ2v) is 0.408. The molecular formula is C3H8NTi-. The van der Waals surface area contributed by atoms with Crippen LogP contribution in [0.3, 0.4) is 0 Å². The maximum absolute atomic E-state index is 3.36. The Bertz CT molecular complexity index is 14.4. The van der Waals surface area contributed by atoms with E-state index in [0.29, 0.717) is 0 Å². The summed E-state index contributed by atoms with van der Waals surface area (Å²) < 4.78 is 0. The van der Waals surface area contributed by atoms with Crippen LogP contribution in [0.25, 0.3) is 6.15 Å². The molecule has 0 aromatic rings. The van der Waals surface area contributed by atoms with E-state index < -0.39 is 0 Å². The molecule has 30 valence electrons. The van der Waals surface area contributed by atoms with E-state index in [1.807, 2.05) is 6.92 Å². The summed E-state index contributed by atoms with van der Waals surface area (Å²) in [4.78, 5) is 0. The molecule has 0 rings (SSSR count). The van der Waals surface area contributed by atoms with Gasteiger partial charge in [0, 0.05) is 21.7 Å². The van der Waals surface area contributed by atoms with Gasteiger partial charge in [0.25, 0.3) is 0 Å². The largest absolute Gasteiger partial charge is 0.693 e. The van der Waals surface area contributed by atoms with Crippen molar-refractivity contribution < 1.29 is 21.7 Å². The Morgan fingerprint density at radius 3 is 1.60 bits per heavy atom. The minimum Gasteiger partial charge on any atom is -0.693 e. The Hall–Kier alpha value is 0.414. The molecule has 5 heavy (non-hydrogen) atoms. The summed E-state index contributed by atoms with van der Waals surface area (Å²) in [6, 6.07) is 0. The van der Waals surface area contributed by atoms with Crippen LogP contribution in [0.5, 0.6) is 0 Å². The molecule has 2 N–H and O–H groups in total. The summed E-state index contributed by atoms with van der Waals surface area (Å²) in [7, 11) is 0. The quantitative estimate of drug-likeness (QED) is 0.334. The molecule has 0 spiro atoms. The molecule has 0 aliphatic rings. The number of hydrogen-bond donors (Lipinski definition) is 0. The Morgan fingerprint density at radius 2 is 1.60 bits per heavy atom. The SMILES string of the molecule is C=CC.[NH2-].[Ti]. The molecule has 0 heterocycles. The van der Waals surface area contributed by atoms with Gasteiger partial charge in [0.2, 0.25) is 0 Å². The van der Waals surface area contributed by atoms with Crippen molar-refractivity contribution in [3.05, 3.63) is 18.8 Å². The van der Waals surface area contributed by atoms with Crippen LogP contribution < -0.4 is 0 Å². The van der Waals surface area contributed by atoms with Gasteiger partial charge in [0.1, 0.15) is 0 Å². The predicted molar refractivity (Wildman–Crippen MR) is 21.2 cm³/mol. The standard InChI is InChI=1S/C3H6.H2N.Ti/c1-3-2;;/h3H,1H2,2H3;1H2;/q;-1;. The number of rotatable bonds is 0. The van der Waals surface area contributed by atoms with E-state index in [-0.39, 0.29) is 27.9 Å². The van der Waals surface area contributed by atoms with Gasteiger partial charge in [-0.05, 0) is 6.92 Å². The summed E-state index contributed by atoms with van der Waals surface area (Å²) in [5.74, 6) is 0. The van der Waals surface area contributed by atoms with E-state index in [9.17, 15) is 0 Å². The van der Waals surface area contributed by atoms with Crippen LogP contribution in [0.1, 0.15) is 6.92 Å². The van der Waals surface area contributed by atoms with Crippen molar-refractivity contribution in [3.63, 3.8) is 0 Å². The molecule has 0 saturated heterocycles. The van der Waals surface area contributed by atoms with Crippen molar-refractivity contribution >= 4 is 0 Å². The zero-order chi connectivity index (χ0) is 2.71. The maximum atomic E-state index is 3.36. The van der Waals surface area contributed by atoms with Gasteiger partial charge >= 0.3 is 0 Å². The van der Waals surface area contributed by atoms with Crippen molar-refractivity contribution in [3.8, 4) is 0 Å². The Kier molecular flexibility index (Phi) is 93.1. The minimum atomic E-state index is 0. The van der Waals surface area contributed by atoms with Gasteiger partial charge in [0.05, 0.1) is 0 Å². The number of nitrogens with two attached hydrogens (primary N) is 1. The summed E-state index contributed by atoms with van der Waals surface area (Å²) in [6.07, 6.45) is 1.75. The monoisotopic (exact) mass is 106 g/mol. The molecule has 0 fully saturated rings. The van der Waals surface area contributed by atoms with Gasteiger partial charge in [-0.3, -0.25) is 0 Å². The molecule has 0 amide bonds. The molecular weight excluding hydrogens is 97.9 g/mol. The first-order chi connectivity index (χ1) is 1.41. The van der Waals surface area contributed by atoms with E-state index in [1.54, 1.807) is 6.08 Å². The van der Waals surface area contributed by atoms with Crippen LogP contribution >= 0.6 is 0 Å². The number of hydrogen-bond acceptors (Lipinski definition) is 0. The first-order valence-electron chi connectivity index (χ1n) is 0.986. The van der Waals surface area contributed by atoms with Gasteiger partial charge in [-0.25, -0.2) is 0 Å². The fourth-order valence-electron chi connectivity index (χ4n) is 0. The second-order valence-electron chi connectivity index (χ2n) is 0.408. The average Bonchev–Trinajstić information content (AvgIpc) is 0.918. The molecule has 0 aliphatic heterocycles. The topological polar surface area (TPSA) is 33.5 Å². The first-order valence-corrected chi connectivity index (χ1v) is 0.986. The Morgan fingerprint density at radius 1 is 1.60 bits per heavy atom. The summed E-state index contributed by atoms with van der Waals surface area (Å²) in [5, 5.41) is 0. The van der Waals surface area contributed by atoms with Crippen molar-refractivity contribution in [2.45, 2.75) is 6.92 Å². The van der Waals surface area contributed by atoms with Crippen molar-refractivity contribution in [1.29, 1.82) is 0 Å². The summed E-state index contributed by atoms with van der Waals surface area (Å²) in [6.45, 7) is 5.25. The van der Waals surface area contributed by atoms with Crippen LogP contribution in [0, 0.1) is 0 Å². The van der Waals surface area contributed by atoms with E-state index in [0.717, 1.165) is 0 Å². The first kappa shape index (κ1) is 18.1. The third-order valence-electron chi connectivity index (χ3n) is 0. The maximum Gasteiger partial charge on any atom is 0 e. The van der Waals surface area contributed by atoms with Crippen molar-refractivity contribution in [1.82, 2.24) is 0 Å². The zero-order valence-corrected chi connectivity index (χ0v) is 4.92. The third-order valence-corrected chi connectivity index (χ3v) is 0. The predicted octanol–water partition coefficient (Wildman–Crippen LogP) is 1.91. The van der Waals surface area contributed by atoms with Crippen LogP contribution in [0.15, 0.2) is 12.7 Å². The van der Waals surface area contributed by atoms with Crippen LogP contribution in [-0.4, -0.2) is 0 Å². The fraction of sp³-hybridized carbons (Fsp3) is 0.333. The molecule has 0 aromatic carbocycles. The van der Waals surface area contributed by atoms with Crippen LogP contribution in [0.2, 0.25) is 0 Å². The smallest absolute Gasteiger partial charge is 0 e. The molecule has 0 radical (unpaired) electrons. The Labute approximate surface area is 47.9 Å². The van der Waals surface area contributed by atoms with Gasteiger partial charge in [-0.1, -0.05) is 6.08 Å². The van der Waals surface area contributed by atoms with Crippen molar-refractivity contribution in [2.75, 3.05) is 0 Å². The van der Waals surface area contributed by atoms with Crippen LogP contribution in [0.4, 0.5) is 0 Å². The van der Waals surface area contributed by atoms with Gasteiger partial charge in [-0.2, -0.15) is 0 Å². The molecule has 0 unspecified atom stereocenters. The zero-order valence-electron chi connectivity index (χ0n) is 3.36. The van der Waals surface area contributed by atoms with E-state index in [4.69, 9.17) is 0 Å². The average molecular weight is 106 g/mol. The third kappa shape index (κ3) is 150. The van der Waals surface area contributed by atoms with Crippen molar-refractivity contribution in [2.24, 2.45) is 0 Å². The normalized spacial score (nSPS) is 2.60.